The number of aliphatic hydroxyl groups is 1. The van der Waals surface area contributed by atoms with Crippen LogP contribution in [0.25, 0.3) is 5.69 Å². The first-order valence-corrected chi connectivity index (χ1v) is 9.33. The molecule has 0 spiro atoms. The molecule has 1 fully saturated rings. The fraction of sp³-hybridized carbons (Fsp3) is 0.526. The molecule has 0 unspecified atom stereocenters. The van der Waals surface area contributed by atoms with Gasteiger partial charge in [0.05, 0.1) is 11.9 Å². The number of aliphatic hydroxyl groups excluding tert-OH is 1. The van der Waals surface area contributed by atoms with Crippen molar-refractivity contribution < 1.29 is 5.11 Å². The van der Waals surface area contributed by atoms with Crippen LogP contribution in [0.2, 0.25) is 5.02 Å². The van der Waals surface area contributed by atoms with Gasteiger partial charge in [-0.15, -0.1) is 0 Å². The van der Waals surface area contributed by atoms with Crippen LogP contribution in [0.4, 0.5) is 0 Å². The van der Waals surface area contributed by atoms with Gasteiger partial charge < -0.3 is 5.11 Å². The van der Waals surface area contributed by atoms with Crippen molar-refractivity contribution in [3.05, 3.63) is 47.2 Å². The summed E-state index contributed by atoms with van der Waals surface area (Å²) in [6.07, 6.45) is 4.83. The normalized spacial score (nSPS) is 19.6. The monoisotopic (exact) mass is 362 g/mol. The second kappa shape index (κ2) is 8.32. The fourth-order valence-electron chi connectivity index (χ4n) is 3.62. The average molecular weight is 363 g/mol. The van der Waals surface area contributed by atoms with Gasteiger partial charge in [-0.05, 0) is 38.5 Å². The smallest absolute Gasteiger partial charge is 0.0660 e. The summed E-state index contributed by atoms with van der Waals surface area (Å²) in [7, 11) is 0. The first-order valence-electron chi connectivity index (χ1n) is 8.95. The Labute approximate surface area is 154 Å². The molecule has 3 rings (SSSR count). The number of halogens is 1. The second-order valence-electron chi connectivity index (χ2n) is 7.01. The summed E-state index contributed by atoms with van der Waals surface area (Å²) in [6.45, 7) is 8.67. The maximum atomic E-state index is 9.38. The van der Waals surface area contributed by atoms with Gasteiger partial charge in [0.1, 0.15) is 0 Å². The molecule has 0 saturated carbocycles. The van der Waals surface area contributed by atoms with E-state index in [1.165, 1.54) is 5.56 Å². The maximum Gasteiger partial charge on any atom is 0.0660 e. The minimum Gasteiger partial charge on any atom is -0.396 e. The molecular weight excluding hydrogens is 336 g/mol. The first kappa shape index (κ1) is 18.4. The summed E-state index contributed by atoms with van der Waals surface area (Å²) in [5, 5.41) is 14.6. The molecule has 1 aromatic heterocycles. The van der Waals surface area contributed by atoms with Crippen molar-refractivity contribution in [3.8, 4) is 5.69 Å². The third-order valence-electron chi connectivity index (χ3n) is 4.85. The number of piperazine rings is 1. The van der Waals surface area contributed by atoms with Gasteiger partial charge in [0.25, 0.3) is 0 Å². The molecule has 1 aromatic carbocycles. The Morgan fingerprint density at radius 1 is 1.32 bits per heavy atom. The molecule has 1 saturated heterocycles. The summed E-state index contributed by atoms with van der Waals surface area (Å²) in [4.78, 5) is 4.96. The van der Waals surface area contributed by atoms with E-state index in [-0.39, 0.29) is 6.61 Å². The van der Waals surface area contributed by atoms with Gasteiger partial charge in [0, 0.05) is 61.7 Å². The van der Waals surface area contributed by atoms with Crippen molar-refractivity contribution >= 4 is 11.6 Å². The van der Waals surface area contributed by atoms with Crippen LogP contribution in [0.5, 0.6) is 0 Å². The molecule has 2 heterocycles. The van der Waals surface area contributed by atoms with Crippen molar-refractivity contribution in [2.24, 2.45) is 0 Å². The second-order valence-corrected chi connectivity index (χ2v) is 7.44. The molecule has 1 atom stereocenters. The van der Waals surface area contributed by atoms with Crippen molar-refractivity contribution in [1.29, 1.82) is 0 Å². The molecule has 0 amide bonds. The van der Waals surface area contributed by atoms with Gasteiger partial charge in [0.2, 0.25) is 0 Å². The molecule has 136 valence electrons. The lowest BCUT2D eigenvalue weighted by atomic mass is 10.1. The van der Waals surface area contributed by atoms with E-state index in [2.05, 4.69) is 34.9 Å². The summed E-state index contributed by atoms with van der Waals surface area (Å²) in [5.74, 6) is 0. The lowest BCUT2D eigenvalue weighted by Gasteiger charge is -2.43. The van der Waals surface area contributed by atoms with E-state index in [9.17, 15) is 5.11 Å². The van der Waals surface area contributed by atoms with Crippen LogP contribution >= 0.6 is 11.6 Å². The van der Waals surface area contributed by atoms with Crippen LogP contribution in [-0.4, -0.2) is 63.0 Å². The zero-order chi connectivity index (χ0) is 17.8. The molecule has 1 aliphatic rings. The van der Waals surface area contributed by atoms with E-state index >= 15 is 0 Å². The van der Waals surface area contributed by atoms with Crippen LogP contribution in [0, 0.1) is 0 Å². The van der Waals surface area contributed by atoms with Crippen molar-refractivity contribution in [2.45, 2.75) is 38.9 Å². The van der Waals surface area contributed by atoms with Gasteiger partial charge >= 0.3 is 0 Å². The highest BCUT2D eigenvalue weighted by Crippen LogP contribution is 2.19. The van der Waals surface area contributed by atoms with E-state index in [4.69, 9.17) is 11.6 Å². The molecule has 0 bridgehead atoms. The molecule has 25 heavy (non-hydrogen) atoms. The molecule has 0 radical (unpaired) electrons. The van der Waals surface area contributed by atoms with Crippen molar-refractivity contribution in [1.82, 2.24) is 19.6 Å². The van der Waals surface area contributed by atoms with Gasteiger partial charge in [-0.3, -0.25) is 9.80 Å². The molecule has 0 aliphatic carbocycles. The lowest BCUT2D eigenvalue weighted by Crippen LogP contribution is -2.55. The zero-order valence-corrected chi connectivity index (χ0v) is 15.7. The summed E-state index contributed by atoms with van der Waals surface area (Å²) in [6, 6.07) is 8.65. The Hall–Kier alpha value is -1.40. The van der Waals surface area contributed by atoms with Crippen LogP contribution in [-0.2, 0) is 6.54 Å². The Balaban J connectivity index is 1.65. The van der Waals surface area contributed by atoms with Gasteiger partial charge in [-0.25, -0.2) is 4.68 Å². The van der Waals surface area contributed by atoms with Crippen molar-refractivity contribution in [3.63, 3.8) is 0 Å². The quantitative estimate of drug-likeness (QED) is 0.858. The SMILES string of the molecule is CC(C)N1CCN(Cc2cnn(-c3cccc(Cl)c3)c2)C[C@@H]1CCO. The van der Waals surface area contributed by atoms with Crippen LogP contribution < -0.4 is 0 Å². The minimum atomic E-state index is 0.244. The molecule has 1 aliphatic heterocycles. The van der Waals surface area contributed by atoms with E-state index < -0.39 is 0 Å². The molecule has 6 heteroatoms. The summed E-state index contributed by atoms with van der Waals surface area (Å²) >= 11 is 6.07. The number of rotatable bonds is 6. The van der Waals surface area contributed by atoms with Crippen LogP contribution in [0.3, 0.4) is 0 Å². The van der Waals surface area contributed by atoms with E-state index in [1.807, 2.05) is 35.1 Å². The first-order chi connectivity index (χ1) is 12.1. The standard InChI is InChI=1S/C19H27ClN4O/c1-15(2)23-8-7-22(14-19(23)6-9-25)12-16-11-21-24(13-16)18-5-3-4-17(20)10-18/h3-5,10-11,13,15,19,25H,6-9,12,14H2,1-2H3/t19-/m0/s1. The molecule has 5 nitrogen and oxygen atoms in total. The van der Waals surface area contributed by atoms with E-state index in [0.29, 0.717) is 17.1 Å². The van der Waals surface area contributed by atoms with Crippen LogP contribution in [0.1, 0.15) is 25.8 Å². The number of hydrogen-bond acceptors (Lipinski definition) is 4. The van der Waals surface area contributed by atoms with E-state index in [1.54, 1.807) is 0 Å². The van der Waals surface area contributed by atoms with Gasteiger partial charge in [0.15, 0.2) is 0 Å². The fourth-order valence-corrected chi connectivity index (χ4v) is 3.81. The van der Waals surface area contributed by atoms with Crippen molar-refractivity contribution in [2.75, 3.05) is 26.2 Å². The highest BCUT2D eigenvalue weighted by molar-refractivity contribution is 6.30. The third-order valence-corrected chi connectivity index (χ3v) is 5.09. The lowest BCUT2D eigenvalue weighted by molar-refractivity contribution is 0.0349. The number of benzene rings is 1. The predicted molar refractivity (Wildman–Crippen MR) is 101 cm³/mol. The molecular formula is C19H27ClN4O. The zero-order valence-electron chi connectivity index (χ0n) is 15.0. The molecule has 1 N–H and O–H groups in total. The summed E-state index contributed by atoms with van der Waals surface area (Å²) in [5.41, 5.74) is 2.17. The Bertz CT molecular complexity index is 688. The third kappa shape index (κ3) is 4.61. The predicted octanol–water partition coefficient (Wildman–Crippen LogP) is 2.80. The summed E-state index contributed by atoms with van der Waals surface area (Å²) < 4.78 is 1.87. The number of aromatic nitrogens is 2. The average Bonchev–Trinajstić information content (AvgIpc) is 3.04. The minimum absolute atomic E-state index is 0.244. The Morgan fingerprint density at radius 2 is 2.16 bits per heavy atom. The van der Waals surface area contributed by atoms with E-state index in [0.717, 1.165) is 38.3 Å². The van der Waals surface area contributed by atoms with Crippen LogP contribution in [0.15, 0.2) is 36.7 Å². The highest BCUT2D eigenvalue weighted by atomic mass is 35.5. The maximum absolute atomic E-state index is 9.38. The topological polar surface area (TPSA) is 44.5 Å². The molecule has 2 aromatic rings. The largest absolute Gasteiger partial charge is 0.396 e. The number of nitrogens with zero attached hydrogens (tertiary/aromatic N) is 4. The van der Waals surface area contributed by atoms with Gasteiger partial charge in [-0.2, -0.15) is 5.10 Å². The number of hydrogen-bond donors (Lipinski definition) is 1. The highest BCUT2D eigenvalue weighted by Gasteiger charge is 2.28. The Morgan fingerprint density at radius 3 is 2.88 bits per heavy atom. The Kier molecular flexibility index (Phi) is 6.12. The van der Waals surface area contributed by atoms with Gasteiger partial charge in [-0.1, -0.05) is 17.7 Å².